The Bertz CT molecular complexity index is 675. The molecule has 0 radical (unpaired) electrons. The van der Waals surface area contributed by atoms with Crippen LogP contribution >= 0.6 is 24.0 Å². The molecular weight excluding hydrogens is 420 g/mol. The van der Waals surface area contributed by atoms with Crippen molar-refractivity contribution in [1.82, 2.24) is 14.7 Å². The lowest BCUT2D eigenvalue weighted by Gasteiger charge is -2.30. The lowest BCUT2D eigenvalue weighted by molar-refractivity contribution is 0.277. The van der Waals surface area contributed by atoms with Gasteiger partial charge in [-0.2, -0.15) is 5.10 Å². The molecule has 1 aliphatic rings. The van der Waals surface area contributed by atoms with Crippen molar-refractivity contribution in [1.29, 1.82) is 0 Å². The highest BCUT2D eigenvalue weighted by molar-refractivity contribution is 14.0. The normalized spacial score (nSPS) is 16.1. The lowest BCUT2D eigenvalue weighted by atomic mass is 10.00. The molecule has 2 aromatic rings. The highest BCUT2D eigenvalue weighted by Gasteiger charge is 2.16. The number of guanidine groups is 1. The van der Waals surface area contributed by atoms with E-state index in [0.29, 0.717) is 12.5 Å². The molecule has 130 valence electrons. The topological polar surface area (TPSA) is 59.4 Å². The average molecular weight is 443 g/mol. The number of hydrogen-bond acceptors (Lipinski definition) is 2. The van der Waals surface area contributed by atoms with Crippen molar-refractivity contribution in [2.75, 3.05) is 13.1 Å². The first-order chi connectivity index (χ1) is 11.1. The Kier molecular flexibility index (Phi) is 6.59. The van der Waals surface area contributed by atoms with E-state index in [1.165, 1.54) is 12.1 Å². The van der Waals surface area contributed by atoms with Gasteiger partial charge in [0.05, 0.1) is 17.9 Å². The van der Waals surface area contributed by atoms with Crippen LogP contribution in [0.1, 0.15) is 25.5 Å². The average Bonchev–Trinajstić information content (AvgIpc) is 3.03. The number of aliphatic imine (C=N–C) groups is 1. The predicted molar refractivity (Wildman–Crippen MR) is 104 cm³/mol. The molecule has 1 aromatic carbocycles. The number of halogens is 2. The molecule has 0 spiro atoms. The van der Waals surface area contributed by atoms with Crippen molar-refractivity contribution in [2.45, 2.75) is 26.3 Å². The molecule has 24 heavy (non-hydrogen) atoms. The number of rotatable bonds is 3. The van der Waals surface area contributed by atoms with Crippen LogP contribution in [0.3, 0.4) is 0 Å². The van der Waals surface area contributed by atoms with Gasteiger partial charge in [-0.05, 0) is 49.1 Å². The van der Waals surface area contributed by atoms with E-state index in [1.807, 2.05) is 12.3 Å². The fourth-order valence-electron chi connectivity index (χ4n) is 2.68. The van der Waals surface area contributed by atoms with Gasteiger partial charge in [0.2, 0.25) is 0 Å². The number of likely N-dealkylation sites (tertiary alicyclic amines) is 1. The first-order valence-electron chi connectivity index (χ1n) is 7.97. The molecule has 2 N–H and O–H groups in total. The van der Waals surface area contributed by atoms with Gasteiger partial charge < -0.3 is 10.6 Å². The summed E-state index contributed by atoms with van der Waals surface area (Å²) in [5.74, 6) is 1.10. The second-order valence-corrected chi connectivity index (χ2v) is 6.07. The number of benzene rings is 1. The summed E-state index contributed by atoms with van der Waals surface area (Å²) in [5.41, 5.74) is 7.73. The van der Waals surface area contributed by atoms with Crippen molar-refractivity contribution >= 4 is 29.9 Å². The molecule has 7 heteroatoms. The summed E-state index contributed by atoms with van der Waals surface area (Å²) in [6.07, 6.45) is 4.17. The molecule has 1 fully saturated rings. The Hall–Kier alpha value is -1.64. The predicted octanol–water partition coefficient (Wildman–Crippen LogP) is 3.18. The van der Waals surface area contributed by atoms with Crippen molar-refractivity contribution in [3.05, 3.63) is 48.0 Å². The van der Waals surface area contributed by atoms with Gasteiger partial charge >= 0.3 is 0 Å². The summed E-state index contributed by atoms with van der Waals surface area (Å²) >= 11 is 0. The molecule has 0 saturated carbocycles. The Balaban J connectivity index is 0.00000208. The summed E-state index contributed by atoms with van der Waals surface area (Å²) in [7, 11) is 0. The third kappa shape index (κ3) is 4.68. The van der Waals surface area contributed by atoms with Gasteiger partial charge in [-0.15, -0.1) is 24.0 Å². The van der Waals surface area contributed by atoms with Crippen LogP contribution in [-0.4, -0.2) is 33.7 Å². The minimum absolute atomic E-state index is 0. The second-order valence-electron chi connectivity index (χ2n) is 6.07. The smallest absolute Gasteiger partial charge is 0.191 e. The number of nitrogens with two attached hydrogens (primary N) is 1. The maximum absolute atomic E-state index is 13.0. The third-order valence-corrected chi connectivity index (χ3v) is 4.25. The minimum Gasteiger partial charge on any atom is -0.370 e. The van der Waals surface area contributed by atoms with Crippen LogP contribution in [-0.2, 0) is 6.54 Å². The Morgan fingerprint density at radius 2 is 1.92 bits per heavy atom. The molecule has 0 bridgehead atoms. The maximum atomic E-state index is 13.0. The van der Waals surface area contributed by atoms with Gasteiger partial charge in [-0.1, -0.05) is 6.92 Å². The zero-order valence-corrected chi connectivity index (χ0v) is 16.1. The number of piperidine rings is 1. The van der Waals surface area contributed by atoms with Crippen LogP contribution < -0.4 is 5.73 Å². The lowest BCUT2D eigenvalue weighted by Crippen LogP contribution is -2.42. The molecular formula is C17H23FIN5. The summed E-state index contributed by atoms with van der Waals surface area (Å²) < 4.78 is 14.7. The van der Waals surface area contributed by atoms with Gasteiger partial charge in [0.25, 0.3) is 0 Å². The molecule has 2 heterocycles. The molecule has 1 aromatic heterocycles. The van der Waals surface area contributed by atoms with E-state index in [-0.39, 0.29) is 29.8 Å². The molecule has 1 saturated heterocycles. The first kappa shape index (κ1) is 18.7. The molecule has 1 aliphatic heterocycles. The van der Waals surface area contributed by atoms with Crippen LogP contribution in [0.25, 0.3) is 5.69 Å². The highest BCUT2D eigenvalue weighted by Crippen LogP contribution is 2.15. The SMILES string of the molecule is CC1CCN(C(N)=NCc2ccn(-c3ccc(F)cc3)n2)CC1.I. The van der Waals surface area contributed by atoms with E-state index >= 15 is 0 Å². The van der Waals surface area contributed by atoms with Crippen LogP contribution in [0.2, 0.25) is 0 Å². The van der Waals surface area contributed by atoms with Crippen molar-refractivity contribution in [3.8, 4) is 5.69 Å². The summed E-state index contributed by atoms with van der Waals surface area (Å²) in [6, 6.07) is 8.13. The van der Waals surface area contributed by atoms with Gasteiger partial charge in [-0.3, -0.25) is 0 Å². The van der Waals surface area contributed by atoms with Crippen LogP contribution in [0.4, 0.5) is 4.39 Å². The van der Waals surface area contributed by atoms with Crippen molar-refractivity contribution in [2.24, 2.45) is 16.6 Å². The zero-order valence-electron chi connectivity index (χ0n) is 13.7. The van der Waals surface area contributed by atoms with Gasteiger partial charge in [0.15, 0.2) is 5.96 Å². The summed E-state index contributed by atoms with van der Waals surface area (Å²) in [4.78, 5) is 6.58. The number of aromatic nitrogens is 2. The largest absolute Gasteiger partial charge is 0.370 e. The van der Waals surface area contributed by atoms with Crippen molar-refractivity contribution < 1.29 is 4.39 Å². The third-order valence-electron chi connectivity index (χ3n) is 4.25. The maximum Gasteiger partial charge on any atom is 0.191 e. The fraction of sp³-hybridized carbons (Fsp3) is 0.412. The van der Waals surface area contributed by atoms with E-state index in [0.717, 1.165) is 43.2 Å². The molecule has 0 amide bonds. The van der Waals surface area contributed by atoms with E-state index < -0.39 is 0 Å². The monoisotopic (exact) mass is 443 g/mol. The van der Waals surface area contributed by atoms with E-state index in [9.17, 15) is 4.39 Å². The van der Waals surface area contributed by atoms with Crippen LogP contribution in [0.5, 0.6) is 0 Å². The van der Waals surface area contributed by atoms with Crippen LogP contribution in [0.15, 0.2) is 41.5 Å². The first-order valence-corrected chi connectivity index (χ1v) is 7.97. The quantitative estimate of drug-likeness (QED) is 0.451. The molecule has 3 rings (SSSR count). The van der Waals surface area contributed by atoms with Gasteiger partial charge in [0.1, 0.15) is 5.82 Å². The second kappa shape index (κ2) is 8.46. The summed E-state index contributed by atoms with van der Waals surface area (Å²) in [6.45, 7) is 4.67. The Morgan fingerprint density at radius 3 is 2.58 bits per heavy atom. The molecule has 5 nitrogen and oxygen atoms in total. The van der Waals surface area contributed by atoms with E-state index in [1.54, 1.807) is 16.8 Å². The summed E-state index contributed by atoms with van der Waals surface area (Å²) in [5, 5.41) is 4.45. The number of nitrogens with zero attached hydrogens (tertiary/aromatic N) is 4. The molecule has 0 atom stereocenters. The minimum atomic E-state index is -0.255. The van der Waals surface area contributed by atoms with Gasteiger partial charge in [-0.25, -0.2) is 14.1 Å². The molecule has 0 unspecified atom stereocenters. The van der Waals surface area contributed by atoms with Gasteiger partial charge in [0, 0.05) is 19.3 Å². The fourth-order valence-corrected chi connectivity index (χ4v) is 2.68. The number of hydrogen-bond donors (Lipinski definition) is 1. The zero-order chi connectivity index (χ0) is 16.2. The Morgan fingerprint density at radius 1 is 1.25 bits per heavy atom. The highest BCUT2D eigenvalue weighted by atomic mass is 127. The van der Waals surface area contributed by atoms with Crippen LogP contribution in [0, 0.1) is 11.7 Å². The standard InChI is InChI=1S/C17H22FN5.HI/c1-13-6-9-22(10-7-13)17(19)20-12-15-8-11-23(21-15)16-4-2-14(18)3-5-16;/h2-5,8,11,13H,6-7,9-10,12H2,1H3,(H2,19,20);1H. The van der Waals surface area contributed by atoms with E-state index in [2.05, 4.69) is 21.9 Å². The van der Waals surface area contributed by atoms with E-state index in [4.69, 9.17) is 5.73 Å². The Labute approximate surface area is 158 Å². The molecule has 0 aliphatic carbocycles. The van der Waals surface area contributed by atoms with Crippen molar-refractivity contribution in [3.63, 3.8) is 0 Å².